The Morgan fingerprint density at radius 1 is 0.809 bits per heavy atom. The minimum atomic E-state index is -2.52. The lowest BCUT2D eigenvalue weighted by molar-refractivity contribution is -0.263. The van der Waals surface area contributed by atoms with Crippen molar-refractivity contribution in [2.24, 2.45) is 0 Å². The van der Waals surface area contributed by atoms with Crippen LogP contribution in [0.3, 0.4) is 0 Å². The number of benzene rings is 1. The minimum Gasteiger partial charge on any atom is -0.493 e. The minimum absolute atomic E-state index is 0.0190. The van der Waals surface area contributed by atoms with Gasteiger partial charge in [-0.15, -0.1) is 0 Å². The molecule has 0 bridgehead atoms. The lowest BCUT2D eigenvalue weighted by Crippen LogP contribution is -2.69. The smallest absolute Gasteiger partial charge is 0.338 e. The molecular formula is C35H64O9Si3. The maximum Gasteiger partial charge on any atom is 0.338 e. The van der Waals surface area contributed by atoms with Crippen molar-refractivity contribution in [3.05, 3.63) is 36.4 Å². The molecule has 1 N–H and O–H groups in total. The Morgan fingerprint density at radius 2 is 1.28 bits per heavy atom. The molecule has 0 aromatic heterocycles. The van der Waals surface area contributed by atoms with Crippen LogP contribution in [0.15, 0.2) is 30.9 Å². The van der Waals surface area contributed by atoms with E-state index in [0.717, 1.165) is 0 Å². The number of methoxy groups -OCH3 is 1. The van der Waals surface area contributed by atoms with Crippen LogP contribution in [0, 0.1) is 0 Å². The number of rotatable bonds is 13. The van der Waals surface area contributed by atoms with Gasteiger partial charge in [0.15, 0.2) is 42.6 Å². The zero-order valence-electron chi connectivity index (χ0n) is 32.0. The van der Waals surface area contributed by atoms with Gasteiger partial charge in [0.1, 0.15) is 24.9 Å². The molecule has 12 heteroatoms. The third-order valence-electron chi connectivity index (χ3n) is 10.4. The third-order valence-corrected chi connectivity index (χ3v) is 23.9. The van der Waals surface area contributed by atoms with Gasteiger partial charge in [0.2, 0.25) is 6.29 Å². The Morgan fingerprint density at radius 3 is 1.70 bits per heavy atom. The second-order valence-electron chi connectivity index (χ2n) is 17.1. The van der Waals surface area contributed by atoms with Crippen molar-refractivity contribution in [1.82, 2.24) is 0 Å². The Hall–Kier alpha value is -1.52. The Labute approximate surface area is 288 Å². The molecule has 0 aliphatic carbocycles. The normalized spacial score (nSPS) is 23.3. The molecule has 0 saturated carbocycles. The summed E-state index contributed by atoms with van der Waals surface area (Å²) in [4.78, 5) is 13.9. The summed E-state index contributed by atoms with van der Waals surface area (Å²) in [5.41, 5.74) is 0.667. The van der Waals surface area contributed by atoms with Gasteiger partial charge >= 0.3 is 5.97 Å². The highest BCUT2D eigenvalue weighted by molar-refractivity contribution is 6.75. The number of aliphatic hydroxyl groups is 1. The predicted molar refractivity (Wildman–Crippen MR) is 196 cm³/mol. The molecule has 1 fully saturated rings. The Bertz CT molecular complexity index is 1210. The number of hydrogen-bond acceptors (Lipinski definition) is 9. The van der Waals surface area contributed by atoms with Gasteiger partial charge in [-0.05, 0) is 72.1 Å². The molecule has 0 radical (unpaired) electrons. The summed E-state index contributed by atoms with van der Waals surface area (Å²) in [6.07, 6.45) is -3.08. The van der Waals surface area contributed by atoms with Gasteiger partial charge in [0.25, 0.3) is 0 Å². The van der Waals surface area contributed by atoms with E-state index in [4.69, 9.17) is 32.2 Å². The average molecular weight is 713 g/mol. The summed E-state index contributed by atoms with van der Waals surface area (Å²) < 4.78 is 46.3. The van der Waals surface area contributed by atoms with Crippen molar-refractivity contribution in [2.45, 2.75) is 154 Å². The first-order valence-electron chi connectivity index (χ1n) is 16.6. The highest BCUT2D eigenvalue weighted by Gasteiger charge is 2.59. The molecule has 0 unspecified atom stereocenters. The van der Waals surface area contributed by atoms with Gasteiger partial charge in [0.05, 0.1) is 13.7 Å². The quantitative estimate of drug-likeness (QED) is 0.123. The van der Waals surface area contributed by atoms with Crippen LogP contribution in [-0.2, 0) is 34.2 Å². The van der Waals surface area contributed by atoms with Crippen LogP contribution in [0.1, 0.15) is 67.9 Å². The molecule has 5 atom stereocenters. The van der Waals surface area contributed by atoms with Crippen molar-refractivity contribution in [3.63, 3.8) is 0 Å². The zero-order chi connectivity index (χ0) is 36.4. The van der Waals surface area contributed by atoms with Crippen LogP contribution in [0.2, 0.25) is 54.4 Å². The number of esters is 1. The van der Waals surface area contributed by atoms with E-state index in [9.17, 15) is 9.90 Å². The average Bonchev–Trinajstić information content (AvgIpc) is 2.92. The van der Waals surface area contributed by atoms with Crippen LogP contribution in [0.25, 0.3) is 0 Å². The fraction of sp³-hybridized carbons (Fsp3) is 0.743. The summed E-state index contributed by atoms with van der Waals surface area (Å²) in [6, 6.07) is 5.20. The van der Waals surface area contributed by atoms with Crippen LogP contribution >= 0.6 is 0 Å². The van der Waals surface area contributed by atoms with Gasteiger partial charge in [-0.25, -0.2) is 4.79 Å². The molecule has 1 aromatic rings. The van der Waals surface area contributed by atoms with E-state index in [0.29, 0.717) is 17.1 Å². The molecule has 1 saturated heterocycles. The van der Waals surface area contributed by atoms with E-state index in [1.807, 2.05) is 0 Å². The second kappa shape index (κ2) is 15.2. The first-order valence-corrected chi connectivity index (χ1v) is 25.4. The SMILES string of the molecule is C=CCOC(=O)[C@H]1O[C@@H](Oc2ccc(CO)cc2OC)[C@H](O[Si](C)(C)C(C)(C)C)[C@@H](O[Si](C)(C)C(C)(C)C)[C@H]1O[Si](C)(C)C(C)(C)C. The monoisotopic (exact) mass is 712 g/mol. The largest absolute Gasteiger partial charge is 0.493 e. The second-order valence-corrected chi connectivity index (χ2v) is 31.4. The van der Waals surface area contributed by atoms with Gasteiger partial charge in [-0.1, -0.05) is 81.0 Å². The lowest BCUT2D eigenvalue weighted by Gasteiger charge is -2.53. The molecule has 1 heterocycles. The molecular weight excluding hydrogens is 649 g/mol. The molecule has 0 spiro atoms. The highest BCUT2D eigenvalue weighted by atomic mass is 28.4. The van der Waals surface area contributed by atoms with E-state index >= 15 is 0 Å². The number of aliphatic hydroxyl groups excluding tert-OH is 1. The van der Waals surface area contributed by atoms with E-state index in [1.165, 1.54) is 13.2 Å². The first kappa shape index (κ1) is 41.7. The predicted octanol–water partition coefficient (Wildman–Crippen LogP) is 8.19. The Balaban J connectivity index is 2.92. The van der Waals surface area contributed by atoms with Crippen LogP contribution < -0.4 is 9.47 Å². The van der Waals surface area contributed by atoms with Gasteiger partial charge in [-0.2, -0.15) is 0 Å². The van der Waals surface area contributed by atoms with Crippen molar-refractivity contribution in [3.8, 4) is 11.5 Å². The van der Waals surface area contributed by atoms with Gasteiger partial charge in [0, 0.05) is 0 Å². The summed E-state index contributed by atoms with van der Waals surface area (Å²) >= 11 is 0. The fourth-order valence-electron chi connectivity index (χ4n) is 4.29. The maximum absolute atomic E-state index is 13.9. The fourth-order valence-corrected chi connectivity index (χ4v) is 8.16. The van der Waals surface area contributed by atoms with Crippen LogP contribution in [0.4, 0.5) is 0 Å². The van der Waals surface area contributed by atoms with Crippen LogP contribution in [-0.4, -0.2) is 80.5 Å². The summed E-state index contributed by atoms with van der Waals surface area (Å²) in [5, 5.41) is 9.26. The third kappa shape index (κ3) is 10.0. The highest BCUT2D eigenvalue weighted by Crippen LogP contribution is 2.46. The van der Waals surface area contributed by atoms with Gasteiger partial charge in [-0.3, -0.25) is 0 Å². The number of ether oxygens (including phenoxy) is 4. The maximum atomic E-state index is 13.9. The van der Waals surface area contributed by atoms with Crippen molar-refractivity contribution in [1.29, 1.82) is 0 Å². The molecule has 1 aliphatic rings. The van der Waals surface area contributed by atoms with E-state index in [2.05, 4.69) is 108 Å². The molecule has 0 amide bonds. The molecule has 47 heavy (non-hydrogen) atoms. The van der Waals surface area contributed by atoms with Crippen molar-refractivity contribution in [2.75, 3.05) is 13.7 Å². The molecule has 2 rings (SSSR count). The van der Waals surface area contributed by atoms with Crippen LogP contribution in [0.5, 0.6) is 11.5 Å². The Kier molecular flexibility index (Phi) is 13.4. The summed E-state index contributed by atoms with van der Waals surface area (Å²) in [5.74, 6) is 0.213. The first-order chi connectivity index (χ1) is 21.2. The van der Waals surface area contributed by atoms with E-state index in [1.54, 1.807) is 18.2 Å². The number of hydrogen-bond donors (Lipinski definition) is 1. The number of carbonyl (C=O) groups excluding carboxylic acids is 1. The molecule has 1 aromatic carbocycles. The van der Waals surface area contributed by atoms with E-state index in [-0.39, 0.29) is 28.3 Å². The summed E-state index contributed by atoms with van der Waals surface area (Å²) in [7, 11) is -6.01. The summed E-state index contributed by atoms with van der Waals surface area (Å²) in [6.45, 7) is 36.2. The van der Waals surface area contributed by atoms with Crippen molar-refractivity contribution < 1.29 is 42.1 Å². The number of carbonyl (C=O) groups is 1. The topological polar surface area (TPSA) is 102 Å². The standard InChI is InChI=1S/C35H64O9Si3/c1-18-21-39-31(37)29-27(42-45(12,13)33(2,3)4)28(43-46(14,15)34(5,6)7)30(44-47(16,17)35(8,9)10)32(41-29)40-25-20-19-24(23-36)22-26(25)38-11/h18-20,22,27-30,32,36H,1,21,23H2,2-17H3/t27-,28+,29+,30-,32-/m1/s1. The lowest BCUT2D eigenvalue weighted by atomic mass is 9.99. The molecule has 9 nitrogen and oxygen atoms in total. The zero-order valence-corrected chi connectivity index (χ0v) is 35.0. The molecule has 1 aliphatic heterocycles. The van der Waals surface area contributed by atoms with E-state index < -0.39 is 61.6 Å². The van der Waals surface area contributed by atoms with Gasteiger partial charge < -0.3 is 37.3 Å². The van der Waals surface area contributed by atoms with Crippen molar-refractivity contribution >= 4 is 30.9 Å². The molecule has 270 valence electrons.